The maximum absolute atomic E-state index is 12.6. The molecule has 0 radical (unpaired) electrons. The van der Waals surface area contributed by atoms with Gasteiger partial charge in [0.1, 0.15) is 0 Å². The SMILES string of the molecule is O=C(c1ccncc1F)C(F)(F)F. The molecular weight excluding hydrogens is 190 g/mol. The number of Topliss-reactive ketones (excluding diaryl/α,β-unsaturated/α-hetero) is 1. The highest BCUT2D eigenvalue weighted by Crippen LogP contribution is 2.22. The number of carbonyl (C=O) groups is 1. The van der Waals surface area contributed by atoms with E-state index in [1.54, 1.807) is 0 Å². The zero-order valence-corrected chi connectivity index (χ0v) is 6.10. The molecule has 1 heterocycles. The summed E-state index contributed by atoms with van der Waals surface area (Å²) in [5, 5.41) is 0. The minimum atomic E-state index is -5.05. The Morgan fingerprint density at radius 1 is 1.38 bits per heavy atom. The van der Waals surface area contributed by atoms with Gasteiger partial charge in [0.05, 0.1) is 11.8 Å². The molecule has 1 rings (SSSR count). The number of nitrogens with zero attached hydrogens (tertiary/aromatic N) is 1. The predicted molar refractivity (Wildman–Crippen MR) is 34.6 cm³/mol. The van der Waals surface area contributed by atoms with Gasteiger partial charge in [-0.1, -0.05) is 0 Å². The Hall–Kier alpha value is -1.46. The van der Waals surface area contributed by atoms with Crippen molar-refractivity contribution in [2.45, 2.75) is 6.18 Å². The summed E-state index contributed by atoms with van der Waals surface area (Å²) in [5.74, 6) is -3.47. The summed E-state index contributed by atoms with van der Waals surface area (Å²) in [4.78, 5) is 13.7. The minimum Gasteiger partial charge on any atom is -0.284 e. The van der Waals surface area contributed by atoms with Gasteiger partial charge in [0.2, 0.25) is 0 Å². The summed E-state index contributed by atoms with van der Waals surface area (Å²) in [6.07, 6.45) is -3.58. The Balaban J connectivity index is 3.10. The van der Waals surface area contributed by atoms with Gasteiger partial charge in [0, 0.05) is 6.20 Å². The summed E-state index contributed by atoms with van der Waals surface area (Å²) in [6.45, 7) is 0. The highest BCUT2D eigenvalue weighted by Gasteiger charge is 2.40. The molecule has 0 spiro atoms. The van der Waals surface area contributed by atoms with E-state index in [0.29, 0.717) is 12.3 Å². The Labute approximate surface area is 70.2 Å². The smallest absolute Gasteiger partial charge is 0.284 e. The third kappa shape index (κ3) is 2.01. The number of aromatic nitrogens is 1. The van der Waals surface area contributed by atoms with Crippen molar-refractivity contribution >= 4 is 5.78 Å². The highest BCUT2D eigenvalue weighted by molar-refractivity contribution is 6.00. The molecule has 0 aliphatic carbocycles. The van der Waals surface area contributed by atoms with E-state index in [1.807, 2.05) is 0 Å². The van der Waals surface area contributed by atoms with Crippen molar-refractivity contribution in [3.05, 3.63) is 29.8 Å². The first-order valence-electron chi connectivity index (χ1n) is 3.14. The van der Waals surface area contributed by atoms with Crippen LogP contribution < -0.4 is 0 Å². The zero-order chi connectivity index (χ0) is 10.1. The van der Waals surface area contributed by atoms with Crippen molar-refractivity contribution in [3.8, 4) is 0 Å². The van der Waals surface area contributed by atoms with Crippen molar-refractivity contribution in [3.63, 3.8) is 0 Å². The third-order valence-electron chi connectivity index (χ3n) is 1.27. The molecule has 1 aromatic heterocycles. The number of carbonyl (C=O) groups excluding carboxylic acids is 1. The summed E-state index contributed by atoms with van der Waals surface area (Å²) in [6, 6.07) is 0.686. The van der Waals surface area contributed by atoms with Crippen molar-refractivity contribution in [2.75, 3.05) is 0 Å². The molecular formula is C7H3F4NO. The van der Waals surface area contributed by atoms with Crippen LogP contribution in [0.1, 0.15) is 10.4 Å². The number of hydrogen-bond acceptors (Lipinski definition) is 2. The van der Waals surface area contributed by atoms with Crippen LogP contribution in [0.5, 0.6) is 0 Å². The van der Waals surface area contributed by atoms with Crippen LogP contribution >= 0.6 is 0 Å². The molecule has 0 atom stereocenters. The molecule has 70 valence electrons. The molecule has 0 aromatic carbocycles. The molecule has 0 unspecified atom stereocenters. The first kappa shape index (κ1) is 9.63. The number of ketones is 1. The summed E-state index contributed by atoms with van der Waals surface area (Å²) in [5.41, 5.74) is -1.01. The molecule has 0 aliphatic heterocycles. The normalized spacial score (nSPS) is 11.4. The van der Waals surface area contributed by atoms with Crippen molar-refractivity contribution in [1.29, 1.82) is 0 Å². The van der Waals surface area contributed by atoms with Crippen LogP contribution in [0.4, 0.5) is 17.6 Å². The molecule has 0 bridgehead atoms. The Kier molecular flexibility index (Phi) is 2.31. The van der Waals surface area contributed by atoms with Gasteiger partial charge in [0.25, 0.3) is 5.78 Å². The van der Waals surface area contributed by atoms with E-state index in [4.69, 9.17) is 0 Å². The molecule has 0 saturated carbocycles. The van der Waals surface area contributed by atoms with Gasteiger partial charge in [-0.3, -0.25) is 9.78 Å². The van der Waals surface area contributed by atoms with E-state index in [1.165, 1.54) is 0 Å². The first-order chi connectivity index (χ1) is 5.93. The topological polar surface area (TPSA) is 30.0 Å². The van der Waals surface area contributed by atoms with Crippen LogP contribution in [-0.2, 0) is 0 Å². The van der Waals surface area contributed by atoms with Crippen LogP contribution in [0.15, 0.2) is 18.5 Å². The second-order valence-corrected chi connectivity index (χ2v) is 2.18. The molecule has 0 saturated heterocycles. The quantitative estimate of drug-likeness (QED) is 0.504. The van der Waals surface area contributed by atoms with Gasteiger partial charge in [-0.05, 0) is 6.07 Å². The summed E-state index contributed by atoms with van der Waals surface area (Å²) >= 11 is 0. The standard InChI is InChI=1S/C7H3F4NO/c8-5-3-12-2-1-4(5)6(13)7(9,10)11/h1-3H. The second kappa shape index (κ2) is 3.12. The fourth-order valence-corrected chi connectivity index (χ4v) is 0.712. The molecule has 0 amide bonds. The van der Waals surface area contributed by atoms with E-state index in [-0.39, 0.29) is 0 Å². The molecule has 13 heavy (non-hydrogen) atoms. The van der Waals surface area contributed by atoms with Crippen LogP contribution in [0.2, 0.25) is 0 Å². The lowest BCUT2D eigenvalue weighted by molar-refractivity contribution is -0.0887. The number of alkyl halides is 3. The lowest BCUT2D eigenvalue weighted by atomic mass is 10.1. The van der Waals surface area contributed by atoms with Crippen LogP contribution in [0.3, 0.4) is 0 Å². The number of hydrogen-bond donors (Lipinski definition) is 0. The Morgan fingerprint density at radius 2 is 2.00 bits per heavy atom. The average Bonchev–Trinajstić information content (AvgIpc) is 2.02. The molecule has 2 nitrogen and oxygen atoms in total. The molecule has 0 N–H and O–H groups in total. The summed E-state index contributed by atoms with van der Waals surface area (Å²) < 4.78 is 47.9. The van der Waals surface area contributed by atoms with E-state index in [2.05, 4.69) is 4.98 Å². The maximum atomic E-state index is 12.6. The first-order valence-corrected chi connectivity index (χ1v) is 3.14. The average molecular weight is 193 g/mol. The van der Waals surface area contributed by atoms with Crippen LogP contribution in [-0.4, -0.2) is 16.9 Å². The Morgan fingerprint density at radius 3 is 2.46 bits per heavy atom. The van der Waals surface area contributed by atoms with E-state index >= 15 is 0 Å². The van der Waals surface area contributed by atoms with Gasteiger partial charge in [-0.25, -0.2) is 4.39 Å². The third-order valence-corrected chi connectivity index (χ3v) is 1.27. The number of rotatable bonds is 1. The van der Waals surface area contributed by atoms with Gasteiger partial charge in [-0.15, -0.1) is 0 Å². The lowest BCUT2D eigenvalue weighted by Crippen LogP contribution is -2.23. The molecule has 0 aliphatic rings. The van der Waals surface area contributed by atoms with Gasteiger partial charge in [0.15, 0.2) is 5.82 Å². The van der Waals surface area contributed by atoms with Crippen molar-refractivity contribution in [2.24, 2.45) is 0 Å². The molecule has 0 fully saturated rings. The van der Waals surface area contributed by atoms with Crippen molar-refractivity contribution in [1.82, 2.24) is 4.98 Å². The summed E-state index contributed by atoms with van der Waals surface area (Å²) in [7, 11) is 0. The van der Waals surface area contributed by atoms with Crippen LogP contribution in [0, 0.1) is 5.82 Å². The van der Waals surface area contributed by atoms with Gasteiger partial charge < -0.3 is 0 Å². The monoisotopic (exact) mass is 193 g/mol. The fraction of sp³-hybridized carbons (Fsp3) is 0.143. The highest BCUT2D eigenvalue weighted by atomic mass is 19.4. The molecule has 6 heteroatoms. The van der Waals surface area contributed by atoms with Crippen molar-refractivity contribution < 1.29 is 22.4 Å². The predicted octanol–water partition coefficient (Wildman–Crippen LogP) is 1.97. The van der Waals surface area contributed by atoms with E-state index in [0.717, 1.165) is 6.20 Å². The van der Waals surface area contributed by atoms with Gasteiger partial charge >= 0.3 is 6.18 Å². The number of pyridine rings is 1. The van der Waals surface area contributed by atoms with Gasteiger partial charge in [-0.2, -0.15) is 13.2 Å². The minimum absolute atomic E-state index is 0.555. The van der Waals surface area contributed by atoms with E-state index in [9.17, 15) is 22.4 Å². The maximum Gasteiger partial charge on any atom is 0.454 e. The lowest BCUT2D eigenvalue weighted by Gasteiger charge is -2.04. The second-order valence-electron chi connectivity index (χ2n) is 2.18. The largest absolute Gasteiger partial charge is 0.454 e. The van der Waals surface area contributed by atoms with Crippen LogP contribution in [0.25, 0.3) is 0 Å². The van der Waals surface area contributed by atoms with E-state index < -0.39 is 23.3 Å². The molecule has 1 aromatic rings. The fourth-order valence-electron chi connectivity index (χ4n) is 0.712. The Bertz CT molecular complexity index is 334. The zero-order valence-electron chi connectivity index (χ0n) is 6.10. The number of halogens is 4.